The predicted octanol–water partition coefficient (Wildman–Crippen LogP) is 21.2. The lowest BCUT2D eigenvalue weighted by molar-refractivity contribution is -0.141. The third-order valence-corrected chi connectivity index (χ3v) is 19.3. The van der Waals surface area contributed by atoms with E-state index in [9.17, 15) is 14.4 Å². The van der Waals surface area contributed by atoms with E-state index in [-0.39, 0.29) is 16.2 Å². The Hall–Kier alpha value is -5.70. The van der Waals surface area contributed by atoms with Gasteiger partial charge in [0.05, 0.1) is 17.1 Å². The molecule has 7 rings (SSSR count). The molecule has 0 bridgehead atoms. The zero-order valence-corrected chi connectivity index (χ0v) is 54.2. The Bertz CT molecular complexity index is 2640. The molecule has 0 radical (unpaired) electrons. The third-order valence-electron chi connectivity index (χ3n) is 19.3. The van der Waals surface area contributed by atoms with Crippen LogP contribution in [0.5, 0.6) is 0 Å². The molecule has 4 aromatic carbocycles. The first-order valence-electron chi connectivity index (χ1n) is 33.5. The zero-order valence-electron chi connectivity index (χ0n) is 54.2. The van der Waals surface area contributed by atoms with Crippen molar-refractivity contribution in [2.24, 2.45) is 15.5 Å². The van der Waals surface area contributed by atoms with Crippen LogP contribution in [-0.4, -0.2) is 35.0 Å². The van der Waals surface area contributed by atoms with E-state index in [2.05, 4.69) is 112 Å². The van der Waals surface area contributed by atoms with Crippen LogP contribution in [0, 0.1) is 0 Å². The molecule has 0 saturated carbocycles. The average Bonchev–Trinajstić information content (AvgIpc) is 1.50. The predicted molar refractivity (Wildman–Crippen MR) is 350 cm³/mol. The van der Waals surface area contributed by atoms with Gasteiger partial charge in [-0.2, -0.15) is 0 Å². The summed E-state index contributed by atoms with van der Waals surface area (Å²) in [4.78, 5) is 53.3. The van der Waals surface area contributed by atoms with Gasteiger partial charge in [0.2, 0.25) is 0 Å². The smallest absolute Gasteiger partial charge is 0.318 e. The lowest BCUT2D eigenvalue weighted by Gasteiger charge is -2.40. The van der Waals surface area contributed by atoms with E-state index < -0.39 is 17.9 Å². The third kappa shape index (κ3) is 14.2. The number of benzene rings is 4. The molecule has 0 aliphatic heterocycles. The highest BCUT2D eigenvalue weighted by Crippen LogP contribution is 2.71. The van der Waals surface area contributed by atoms with Gasteiger partial charge in [-0.25, -0.2) is 14.4 Å². The Labute approximate surface area is 507 Å². The highest BCUT2D eigenvalue weighted by atomic mass is 16.7. The Balaban J connectivity index is 1.79. The number of rotatable bonds is 36. The average molecular weight is 1140 g/mol. The molecule has 0 fully saturated rings. The van der Waals surface area contributed by atoms with Gasteiger partial charge in [-0.3, -0.25) is 0 Å². The van der Waals surface area contributed by atoms with Gasteiger partial charge in [0.1, 0.15) is 0 Å². The number of nitrogens with zero attached hydrogens (tertiary/aromatic N) is 3. The summed E-state index contributed by atoms with van der Waals surface area (Å²) in [7, 11) is 0. The maximum Gasteiger partial charge on any atom is 0.331 e. The van der Waals surface area contributed by atoms with Gasteiger partial charge in [-0.15, -0.1) is 0 Å². The number of oxime groups is 3. The largest absolute Gasteiger partial charge is 0.331 e. The second kappa shape index (κ2) is 31.1. The molecule has 3 aliphatic carbocycles. The molecule has 9 nitrogen and oxygen atoms in total. The summed E-state index contributed by atoms with van der Waals surface area (Å²) in [6.45, 7) is 24.2. The molecule has 0 unspecified atom stereocenters. The molecule has 0 saturated heterocycles. The molecule has 0 N–H and O–H groups in total. The molecule has 456 valence electrons. The van der Waals surface area contributed by atoms with E-state index in [1.807, 2.05) is 20.8 Å². The summed E-state index contributed by atoms with van der Waals surface area (Å²) in [5.74, 6) is -1.28. The fourth-order valence-electron chi connectivity index (χ4n) is 15.2. The lowest BCUT2D eigenvalue weighted by atomic mass is 9.63. The molecular formula is C75H105N3O6. The van der Waals surface area contributed by atoms with E-state index in [0.717, 1.165) is 132 Å². The molecule has 3 aliphatic rings. The van der Waals surface area contributed by atoms with E-state index >= 15 is 0 Å². The fraction of sp³-hybridized carbons (Fsp3) is 0.600. The monoisotopic (exact) mass is 1140 g/mol. The topological polar surface area (TPSA) is 116 Å². The van der Waals surface area contributed by atoms with Crippen molar-refractivity contribution in [3.05, 3.63) is 105 Å². The SMILES string of the molecule is CCCCCCC1(CCCCCC)c2cc(/C(C)=N/OC(C)=O)ccc2-c2c1c1c(c3c2C(CCCCCC)(CCCCCC)c2cc(/C(C)=N/OC(C)=O)ccc2-3)C(CCCCCC)(CCCCCC)c2cc(/C(C)=N/OC(C)=O)ccc2-1. The van der Waals surface area contributed by atoms with Crippen molar-refractivity contribution in [3.8, 4) is 33.4 Å². The standard InChI is InChI=1S/C75H105N3O6/c1-13-19-25-31-43-73(44-32-26-20-14-2)64-49-58(52(7)76-82-55(10)79)37-40-61(64)67-70(73)68-62-41-38-59(53(8)77-83-56(11)80)50-65(62)74(45-33-27-21-15-3,46-34-28-22-16-4)72(68)69-63-42-39-60(54(9)78-84-57(12)81)51-66(63)75(71(67)69,47-35-29-23-17-5)48-36-30-24-18-6/h37-42,49-51H,13-36,43-48H2,1-12H3/b76-52+,77-53+,78-54+. The van der Waals surface area contributed by atoms with Gasteiger partial charge in [0, 0.05) is 37.0 Å². The first-order valence-corrected chi connectivity index (χ1v) is 33.5. The number of carbonyl (C=O) groups excluding carboxylic acids is 3. The molecule has 0 aromatic heterocycles. The van der Waals surface area contributed by atoms with E-state index in [1.54, 1.807) is 16.7 Å². The summed E-state index contributed by atoms with van der Waals surface area (Å²) in [5.41, 5.74) is 21.2. The van der Waals surface area contributed by atoms with Crippen LogP contribution in [-0.2, 0) is 45.1 Å². The number of unbranched alkanes of at least 4 members (excludes halogenated alkanes) is 18. The Kier molecular flexibility index (Phi) is 24.4. The van der Waals surface area contributed by atoms with Gasteiger partial charge < -0.3 is 14.5 Å². The maximum atomic E-state index is 12.4. The minimum absolute atomic E-state index is 0.352. The van der Waals surface area contributed by atoms with E-state index in [4.69, 9.17) is 14.5 Å². The summed E-state index contributed by atoms with van der Waals surface area (Å²) < 4.78 is 0. The van der Waals surface area contributed by atoms with Crippen LogP contribution >= 0.6 is 0 Å². The normalized spacial score (nSPS) is 15.1. The van der Waals surface area contributed by atoms with Crippen LogP contribution in [0.1, 0.15) is 326 Å². The summed E-state index contributed by atoms with van der Waals surface area (Å²) in [5, 5.41) is 13.4. The Morgan fingerprint density at radius 2 is 0.536 bits per heavy atom. The highest BCUT2D eigenvalue weighted by Gasteiger charge is 2.58. The minimum atomic E-state index is -0.428. The number of fused-ring (bicyclic) bond motifs is 12. The molecule has 0 heterocycles. The first kappa shape index (κ1) is 65.8. The number of hydrogen-bond acceptors (Lipinski definition) is 9. The molecule has 0 atom stereocenters. The maximum absolute atomic E-state index is 12.4. The van der Waals surface area contributed by atoms with Crippen LogP contribution < -0.4 is 0 Å². The van der Waals surface area contributed by atoms with Crippen molar-refractivity contribution in [1.29, 1.82) is 0 Å². The first-order chi connectivity index (χ1) is 40.6. The van der Waals surface area contributed by atoms with Crippen molar-refractivity contribution in [3.63, 3.8) is 0 Å². The summed E-state index contributed by atoms with van der Waals surface area (Å²) in [6.07, 6.45) is 33.9. The van der Waals surface area contributed by atoms with Crippen molar-refractivity contribution >= 4 is 35.0 Å². The zero-order chi connectivity index (χ0) is 60.4. The van der Waals surface area contributed by atoms with Crippen molar-refractivity contribution in [2.75, 3.05) is 0 Å². The van der Waals surface area contributed by atoms with E-state index in [1.165, 1.54) is 148 Å². The van der Waals surface area contributed by atoms with Crippen LogP contribution in [0.2, 0.25) is 0 Å². The second-order valence-corrected chi connectivity index (χ2v) is 25.4. The van der Waals surface area contributed by atoms with Gasteiger partial charge >= 0.3 is 17.9 Å². The van der Waals surface area contributed by atoms with E-state index in [0.29, 0.717) is 17.1 Å². The van der Waals surface area contributed by atoms with Crippen LogP contribution in [0.4, 0.5) is 0 Å². The van der Waals surface area contributed by atoms with Crippen LogP contribution in [0.25, 0.3) is 33.4 Å². The van der Waals surface area contributed by atoms with Gasteiger partial charge in [0.15, 0.2) is 0 Å². The molecule has 84 heavy (non-hydrogen) atoms. The Morgan fingerprint density at radius 1 is 0.321 bits per heavy atom. The molecule has 0 amide bonds. The van der Waals surface area contributed by atoms with Gasteiger partial charge in [0.25, 0.3) is 0 Å². The number of hydrogen-bond donors (Lipinski definition) is 0. The lowest BCUT2D eigenvalue weighted by Crippen LogP contribution is -2.31. The second-order valence-electron chi connectivity index (χ2n) is 25.4. The molecule has 4 aromatic rings. The van der Waals surface area contributed by atoms with Crippen molar-refractivity contribution in [2.45, 2.75) is 292 Å². The van der Waals surface area contributed by atoms with Gasteiger partial charge in [-0.1, -0.05) is 248 Å². The highest BCUT2D eigenvalue weighted by molar-refractivity contribution is 6.08. The van der Waals surface area contributed by atoms with Crippen molar-refractivity contribution in [1.82, 2.24) is 0 Å². The van der Waals surface area contributed by atoms with Crippen molar-refractivity contribution < 1.29 is 28.9 Å². The number of carbonyl (C=O) groups is 3. The molecule has 9 heteroatoms. The summed E-state index contributed by atoms with van der Waals surface area (Å²) >= 11 is 0. The molecule has 0 spiro atoms. The summed E-state index contributed by atoms with van der Waals surface area (Å²) in [6, 6.07) is 21.5. The van der Waals surface area contributed by atoms with Crippen LogP contribution in [0.3, 0.4) is 0 Å². The quantitative estimate of drug-likeness (QED) is 0.0194. The Morgan fingerprint density at radius 3 is 0.726 bits per heavy atom. The molecular weight excluding hydrogens is 1040 g/mol. The fourth-order valence-corrected chi connectivity index (χ4v) is 15.2. The minimum Gasteiger partial charge on any atom is -0.318 e. The van der Waals surface area contributed by atoms with Gasteiger partial charge in [-0.05, 0) is 161 Å². The van der Waals surface area contributed by atoms with Crippen LogP contribution in [0.15, 0.2) is 70.1 Å².